The SMILES string of the molecule is CCCCCCCCCCCCCCCCN(CCCCCCCCCCCCCC)CCCCCCCCCCCCCC. The van der Waals surface area contributed by atoms with Crippen LogP contribution in [-0.2, 0) is 0 Å². The highest BCUT2D eigenvalue weighted by atomic mass is 15.1. The van der Waals surface area contributed by atoms with Crippen molar-refractivity contribution in [2.45, 2.75) is 265 Å². The summed E-state index contributed by atoms with van der Waals surface area (Å²) in [7, 11) is 0. The van der Waals surface area contributed by atoms with Crippen molar-refractivity contribution >= 4 is 0 Å². The van der Waals surface area contributed by atoms with Crippen LogP contribution in [0.4, 0.5) is 0 Å². The van der Waals surface area contributed by atoms with Gasteiger partial charge in [-0.15, -0.1) is 0 Å². The molecule has 0 saturated heterocycles. The molecule has 1 nitrogen and oxygen atoms in total. The van der Waals surface area contributed by atoms with E-state index in [4.69, 9.17) is 0 Å². The zero-order valence-electron chi connectivity index (χ0n) is 32.4. The third-order valence-corrected chi connectivity index (χ3v) is 10.5. The van der Waals surface area contributed by atoms with Crippen molar-refractivity contribution in [1.29, 1.82) is 0 Å². The number of unbranched alkanes of at least 4 members (excludes halogenated alkanes) is 35. The summed E-state index contributed by atoms with van der Waals surface area (Å²) in [5.74, 6) is 0. The first-order valence-electron chi connectivity index (χ1n) is 22.1. The quantitative estimate of drug-likeness (QED) is 0.0605. The first kappa shape index (κ1) is 45.0. The molecule has 0 fully saturated rings. The summed E-state index contributed by atoms with van der Waals surface area (Å²) in [6.45, 7) is 11.1. The molecular weight excluding hydrogens is 542 g/mol. The van der Waals surface area contributed by atoms with Gasteiger partial charge in [-0.1, -0.05) is 245 Å². The van der Waals surface area contributed by atoms with Gasteiger partial charge in [-0.25, -0.2) is 0 Å². The number of rotatable bonds is 41. The molecule has 0 radical (unpaired) electrons. The summed E-state index contributed by atoms with van der Waals surface area (Å²) >= 11 is 0. The van der Waals surface area contributed by atoms with Crippen LogP contribution in [0.5, 0.6) is 0 Å². The van der Waals surface area contributed by atoms with Crippen LogP contribution in [0, 0.1) is 0 Å². The Morgan fingerprint density at radius 3 is 0.467 bits per heavy atom. The van der Waals surface area contributed by atoms with E-state index in [1.54, 1.807) is 0 Å². The van der Waals surface area contributed by atoms with E-state index in [-0.39, 0.29) is 0 Å². The molecule has 0 aromatic heterocycles. The lowest BCUT2D eigenvalue weighted by Gasteiger charge is -2.22. The predicted octanol–water partition coefficient (Wildman–Crippen LogP) is 16.2. The van der Waals surface area contributed by atoms with Gasteiger partial charge in [0.1, 0.15) is 0 Å². The molecule has 0 unspecified atom stereocenters. The summed E-state index contributed by atoms with van der Waals surface area (Å²) in [5, 5.41) is 0. The van der Waals surface area contributed by atoms with E-state index in [0.717, 1.165) is 0 Å². The Morgan fingerprint density at radius 2 is 0.311 bits per heavy atom. The molecule has 45 heavy (non-hydrogen) atoms. The lowest BCUT2D eigenvalue weighted by Crippen LogP contribution is -2.27. The zero-order chi connectivity index (χ0) is 32.6. The molecule has 0 bridgehead atoms. The maximum atomic E-state index is 2.87. The van der Waals surface area contributed by atoms with Crippen molar-refractivity contribution < 1.29 is 0 Å². The zero-order valence-corrected chi connectivity index (χ0v) is 32.4. The van der Waals surface area contributed by atoms with Crippen molar-refractivity contribution in [3.63, 3.8) is 0 Å². The molecule has 0 N–H and O–H groups in total. The van der Waals surface area contributed by atoms with Gasteiger partial charge in [-0.3, -0.25) is 0 Å². The maximum absolute atomic E-state index is 2.87. The van der Waals surface area contributed by atoms with Gasteiger partial charge < -0.3 is 4.90 Å². The molecule has 0 heterocycles. The summed E-state index contributed by atoms with van der Waals surface area (Å²) in [6, 6.07) is 0. The Balaban J connectivity index is 3.90. The van der Waals surface area contributed by atoms with Gasteiger partial charge in [-0.2, -0.15) is 0 Å². The van der Waals surface area contributed by atoms with E-state index in [1.165, 1.54) is 264 Å². The Bertz CT molecular complexity index is 459. The fraction of sp³-hybridized carbons (Fsp3) is 1.00. The lowest BCUT2D eigenvalue weighted by atomic mass is 10.0. The van der Waals surface area contributed by atoms with Crippen LogP contribution in [0.15, 0.2) is 0 Å². The molecular formula is C44H91N. The van der Waals surface area contributed by atoms with Crippen LogP contribution in [0.1, 0.15) is 265 Å². The molecule has 0 aliphatic rings. The van der Waals surface area contributed by atoms with Crippen LogP contribution in [0.2, 0.25) is 0 Å². The van der Waals surface area contributed by atoms with Crippen LogP contribution in [0.3, 0.4) is 0 Å². The van der Waals surface area contributed by atoms with E-state index >= 15 is 0 Å². The molecule has 0 aromatic rings. The minimum atomic E-state index is 1.37. The van der Waals surface area contributed by atoms with E-state index in [0.29, 0.717) is 0 Å². The monoisotopic (exact) mass is 634 g/mol. The third-order valence-electron chi connectivity index (χ3n) is 10.5. The highest BCUT2D eigenvalue weighted by molar-refractivity contribution is 4.61. The average molecular weight is 634 g/mol. The minimum Gasteiger partial charge on any atom is -0.303 e. The van der Waals surface area contributed by atoms with Gasteiger partial charge in [0.15, 0.2) is 0 Å². The molecule has 0 rings (SSSR count). The minimum absolute atomic E-state index is 1.37. The molecule has 0 aliphatic heterocycles. The van der Waals surface area contributed by atoms with E-state index < -0.39 is 0 Å². The topological polar surface area (TPSA) is 3.24 Å². The Labute approximate surface area is 288 Å². The van der Waals surface area contributed by atoms with Crippen molar-refractivity contribution in [2.24, 2.45) is 0 Å². The standard InChI is InChI=1S/C44H91N/c1-4-7-10-13-16-19-22-25-26-29-32-35-38-41-44-45(42-39-36-33-30-27-23-20-17-14-11-8-5-2)43-40-37-34-31-28-24-21-18-15-12-9-6-3/h4-44H2,1-3H3. The Hall–Kier alpha value is -0.0400. The van der Waals surface area contributed by atoms with Crippen LogP contribution in [0.25, 0.3) is 0 Å². The van der Waals surface area contributed by atoms with Gasteiger partial charge in [0.25, 0.3) is 0 Å². The Morgan fingerprint density at radius 1 is 0.178 bits per heavy atom. The normalized spacial score (nSPS) is 11.7. The number of hydrogen-bond donors (Lipinski definition) is 0. The largest absolute Gasteiger partial charge is 0.303 e. The van der Waals surface area contributed by atoms with Gasteiger partial charge in [0, 0.05) is 0 Å². The average Bonchev–Trinajstić information content (AvgIpc) is 3.05. The molecule has 0 atom stereocenters. The first-order chi connectivity index (χ1) is 22.3. The molecule has 0 aromatic carbocycles. The highest BCUT2D eigenvalue weighted by Gasteiger charge is 2.05. The Kier molecular flexibility index (Phi) is 41.9. The smallest absolute Gasteiger partial charge is 0.00187 e. The van der Waals surface area contributed by atoms with Gasteiger partial charge in [-0.05, 0) is 38.9 Å². The summed E-state index contributed by atoms with van der Waals surface area (Å²) in [5.41, 5.74) is 0. The fourth-order valence-corrected chi connectivity index (χ4v) is 7.22. The molecule has 0 saturated carbocycles. The molecule has 272 valence electrons. The summed E-state index contributed by atoms with van der Waals surface area (Å²) < 4.78 is 0. The van der Waals surface area contributed by atoms with Crippen molar-refractivity contribution in [3.8, 4) is 0 Å². The molecule has 0 amide bonds. The number of nitrogens with zero attached hydrogens (tertiary/aromatic N) is 1. The molecule has 1 heteroatoms. The van der Waals surface area contributed by atoms with E-state index in [1.807, 2.05) is 0 Å². The lowest BCUT2D eigenvalue weighted by molar-refractivity contribution is 0.254. The molecule has 0 aliphatic carbocycles. The second kappa shape index (κ2) is 42.0. The van der Waals surface area contributed by atoms with Gasteiger partial charge >= 0.3 is 0 Å². The maximum Gasteiger partial charge on any atom is -0.00187 e. The van der Waals surface area contributed by atoms with Gasteiger partial charge in [0.05, 0.1) is 0 Å². The summed E-state index contributed by atoms with van der Waals surface area (Å²) in [6.07, 6.45) is 55.6. The van der Waals surface area contributed by atoms with E-state index in [2.05, 4.69) is 25.7 Å². The van der Waals surface area contributed by atoms with Crippen LogP contribution < -0.4 is 0 Å². The number of hydrogen-bond acceptors (Lipinski definition) is 1. The van der Waals surface area contributed by atoms with E-state index in [9.17, 15) is 0 Å². The van der Waals surface area contributed by atoms with Crippen molar-refractivity contribution in [1.82, 2.24) is 4.90 Å². The second-order valence-electron chi connectivity index (χ2n) is 15.2. The first-order valence-corrected chi connectivity index (χ1v) is 22.1. The third kappa shape index (κ3) is 40.1. The van der Waals surface area contributed by atoms with Gasteiger partial charge in [0.2, 0.25) is 0 Å². The highest BCUT2D eigenvalue weighted by Crippen LogP contribution is 2.16. The second-order valence-corrected chi connectivity index (χ2v) is 15.2. The van der Waals surface area contributed by atoms with Crippen LogP contribution in [-0.4, -0.2) is 24.5 Å². The predicted molar refractivity (Wildman–Crippen MR) is 209 cm³/mol. The fourth-order valence-electron chi connectivity index (χ4n) is 7.22. The van der Waals surface area contributed by atoms with Crippen molar-refractivity contribution in [3.05, 3.63) is 0 Å². The molecule has 0 spiro atoms. The van der Waals surface area contributed by atoms with Crippen molar-refractivity contribution in [2.75, 3.05) is 19.6 Å². The summed E-state index contributed by atoms with van der Waals surface area (Å²) in [4.78, 5) is 2.87. The van der Waals surface area contributed by atoms with Crippen LogP contribution >= 0.6 is 0 Å².